The van der Waals surface area contributed by atoms with Crippen molar-refractivity contribution in [2.45, 2.75) is 11.8 Å². The zero-order valence-electron chi connectivity index (χ0n) is 10.8. The van der Waals surface area contributed by atoms with E-state index in [2.05, 4.69) is 30.3 Å². The lowest BCUT2D eigenvalue weighted by Gasteiger charge is -2.13. The van der Waals surface area contributed by atoms with Crippen molar-refractivity contribution in [3.63, 3.8) is 0 Å². The summed E-state index contributed by atoms with van der Waals surface area (Å²) in [5.41, 5.74) is 3.52. The van der Waals surface area contributed by atoms with Gasteiger partial charge in [0.1, 0.15) is 4.84 Å². The average Bonchev–Trinajstić information content (AvgIpc) is 2.46. The normalized spacial score (nSPS) is 12.2. The van der Waals surface area contributed by atoms with Crippen LogP contribution in [0.2, 0.25) is 0 Å². The minimum absolute atomic E-state index is 0.0961. The molecule has 98 valence electrons. The van der Waals surface area contributed by atoms with Crippen molar-refractivity contribution in [2.24, 2.45) is 5.92 Å². The molecule has 0 aliphatic rings. The van der Waals surface area contributed by atoms with Gasteiger partial charge in [-0.2, -0.15) is 0 Å². The number of hydrogen-bond acceptors (Lipinski definition) is 0. The standard InChI is InChI=1S/C17H16Cl2/c1-13(17(18)19)12-16(14-8-4-2-5-9-14)15-10-6-3-7-11-15/h2-13,17H,1H3. The Hall–Kier alpha value is -1.24. The molecule has 0 aromatic heterocycles. The van der Waals surface area contributed by atoms with Gasteiger partial charge in [-0.1, -0.05) is 73.7 Å². The summed E-state index contributed by atoms with van der Waals surface area (Å²) in [5.74, 6) is 0.0961. The second kappa shape index (κ2) is 6.79. The zero-order valence-corrected chi connectivity index (χ0v) is 12.3. The number of allylic oxidation sites excluding steroid dienone is 1. The molecule has 0 N–H and O–H groups in total. The lowest BCUT2D eigenvalue weighted by atomic mass is 9.95. The van der Waals surface area contributed by atoms with Crippen molar-refractivity contribution in [3.05, 3.63) is 77.9 Å². The van der Waals surface area contributed by atoms with Crippen LogP contribution in [0.1, 0.15) is 18.1 Å². The van der Waals surface area contributed by atoms with Crippen molar-refractivity contribution >= 4 is 28.8 Å². The zero-order chi connectivity index (χ0) is 13.7. The predicted octanol–water partition coefficient (Wildman–Crippen LogP) is 5.56. The third-order valence-corrected chi connectivity index (χ3v) is 3.79. The van der Waals surface area contributed by atoms with Crippen LogP contribution in [-0.4, -0.2) is 4.84 Å². The second-order valence-electron chi connectivity index (χ2n) is 4.51. The Morgan fingerprint density at radius 2 is 1.26 bits per heavy atom. The molecule has 2 aromatic carbocycles. The van der Waals surface area contributed by atoms with E-state index in [1.165, 1.54) is 16.7 Å². The second-order valence-corrected chi connectivity index (χ2v) is 5.67. The molecule has 0 nitrogen and oxygen atoms in total. The van der Waals surface area contributed by atoms with Crippen molar-refractivity contribution in [1.29, 1.82) is 0 Å². The molecule has 2 rings (SSSR count). The fraction of sp³-hybridized carbons (Fsp3) is 0.176. The van der Waals surface area contributed by atoms with Gasteiger partial charge in [-0.05, 0) is 16.7 Å². The first kappa shape index (κ1) is 14.2. The summed E-state index contributed by atoms with van der Waals surface area (Å²) in [4.78, 5) is -0.401. The molecule has 2 heteroatoms. The van der Waals surface area contributed by atoms with Crippen LogP contribution in [0.3, 0.4) is 0 Å². The van der Waals surface area contributed by atoms with Gasteiger partial charge in [-0.15, -0.1) is 23.2 Å². The maximum Gasteiger partial charge on any atom is 0.113 e. The molecule has 0 aliphatic heterocycles. The highest BCUT2D eigenvalue weighted by Crippen LogP contribution is 2.27. The Morgan fingerprint density at radius 3 is 1.63 bits per heavy atom. The topological polar surface area (TPSA) is 0 Å². The molecule has 0 aliphatic carbocycles. The van der Waals surface area contributed by atoms with E-state index in [0.29, 0.717) is 0 Å². The Balaban J connectivity index is 2.46. The van der Waals surface area contributed by atoms with E-state index in [-0.39, 0.29) is 5.92 Å². The van der Waals surface area contributed by atoms with Gasteiger partial charge in [0.05, 0.1) is 0 Å². The largest absolute Gasteiger partial charge is 0.113 e. The molecule has 1 atom stereocenters. The van der Waals surface area contributed by atoms with E-state index in [1.807, 2.05) is 43.3 Å². The van der Waals surface area contributed by atoms with Gasteiger partial charge < -0.3 is 0 Å². The molecular formula is C17H16Cl2. The van der Waals surface area contributed by atoms with E-state index >= 15 is 0 Å². The Labute approximate surface area is 124 Å². The maximum atomic E-state index is 5.97. The number of halogens is 2. The minimum Gasteiger partial charge on any atom is -0.105 e. The number of benzene rings is 2. The maximum absolute atomic E-state index is 5.97. The van der Waals surface area contributed by atoms with Crippen LogP contribution in [0, 0.1) is 5.92 Å². The molecule has 0 spiro atoms. The van der Waals surface area contributed by atoms with Crippen molar-refractivity contribution in [1.82, 2.24) is 0 Å². The molecule has 0 heterocycles. The molecule has 0 saturated heterocycles. The molecule has 0 radical (unpaired) electrons. The smallest absolute Gasteiger partial charge is 0.105 e. The summed E-state index contributed by atoms with van der Waals surface area (Å²) < 4.78 is 0. The SMILES string of the molecule is CC(C=C(c1ccccc1)c1ccccc1)C(Cl)Cl. The quantitative estimate of drug-likeness (QED) is 0.647. The fourth-order valence-corrected chi connectivity index (χ4v) is 2.08. The summed E-state index contributed by atoms with van der Waals surface area (Å²) in [5, 5.41) is 0. The Morgan fingerprint density at radius 1 is 0.842 bits per heavy atom. The van der Waals surface area contributed by atoms with Crippen molar-refractivity contribution in [3.8, 4) is 0 Å². The highest BCUT2D eigenvalue weighted by atomic mass is 35.5. The minimum atomic E-state index is -0.401. The number of alkyl halides is 2. The molecule has 1 unspecified atom stereocenters. The molecule has 0 bridgehead atoms. The molecule has 0 amide bonds. The van der Waals surface area contributed by atoms with E-state index in [9.17, 15) is 0 Å². The molecule has 19 heavy (non-hydrogen) atoms. The van der Waals surface area contributed by atoms with Crippen LogP contribution < -0.4 is 0 Å². The molecule has 2 aromatic rings. The van der Waals surface area contributed by atoms with Crippen LogP contribution >= 0.6 is 23.2 Å². The Kier molecular flexibility index (Phi) is 5.07. The van der Waals surface area contributed by atoms with Gasteiger partial charge in [-0.3, -0.25) is 0 Å². The van der Waals surface area contributed by atoms with Crippen LogP contribution in [0.5, 0.6) is 0 Å². The first-order valence-electron chi connectivity index (χ1n) is 6.29. The van der Waals surface area contributed by atoms with E-state index in [1.54, 1.807) is 0 Å². The lowest BCUT2D eigenvalue weighted by Crippen LogP contribution is -2.02. The van der Waals surface area contributed by atoms with Gasteiger partial charge >= 0.3 is 0 Å². The van der Waals surface area contributed by atoms with Gasteiger partial charge in [0, 0.05) is 5.92 Å². The molecular weight excluding hydrogens is 275 g/mol. The fourth-order valence-electron chi connectivity index (χ4n) is 1.93. The van der Waals surface area contributed by atoms with Crippen LogP contribution in [0.4, 0.5) is 0 Å². The molecule has 0 saturated carbocycles. The lowest BCUT2D eigenvalue weighted by molar-refractivity contribution is 0.800. The van der Waals surface area contributed by atoms with Gasteiger partial charge in [0.25, 0.3) is 0 Å². The van der Waals surface area contributed by atoms with Crippen LogP contribution in [-0.2, 0) is 0 Å². The van der Waals surface area contributed by atoms with Crippen LogP contribution in [0.15, 0.2) is 66.7 Å². The van der Waals surface area contributed by atoms with E-state index in [0.717, 1.165) is 0 Å². The van der Waals surface area contributed by atoms with E-state index < -0.39 is 4.84 Å². The highest BCUT2D eigenvalue weighted by Gasteiger charge is 2.11. The summed E-state index contributed by atoms with van der Waals surface area (Å²) >= 11 is 11.9. The van der Waals surface area contributed by atoms with Gasteiger partial charge in [0.2, 0.25) is 0 Å². The summed E-state index contributed by atoms with van der Waals surface area (Å²) in [6.07, 6.45) is 2.13. The average molecular weight is 291 g/mol. The summed E-state index contributed by atoms with van der Waals surface area (Å²) in [7, 11) is 0. The first-order chi connectivity index (χ1) is 9.18. The summed E-state index contributed by atoms with van der Waals surface area (Å²) in [6.45, 7) is 2.02. The summed E-state index contributed by atoms with van der Waals surface area (Å²) in [6, 6.07) is 20.6. The van der Waals surface area contributed by atoms with Crippen molar-refractivity contribution in [2.75, 3.05) is 0 Å². The van der Waals surface area contributed by atoms with Gasteiger partial charge in [0.15, 0.2) is 0 Å². The first-order valence-corrected chi connectivity index (χ1v) is 7.16. The molecule has 0 fully saturated rings. The monoisotopic (exact) mass is 290 g/mol. The third kappa shape index (κ3) is 3.86. The van der Waals surface area contributed by atoms with Crippen LogP contribution in [0.25, 0.3) is 5.57 Å². The number of rotatable bonds is 4. The Bertz CT molecular complexity index is 488. The van der Waals surface area contributed by atoms with Gasteiger partial charge in [-0.25, -0.2) is 0 Å². The predicted molar refractivity (Wildman–Crippen MR) is 84.6 cm³/mol. The van der Waals surface area contributed by atoms with Crippen molar-refractivity contribution < 1.29 is 0 Å². The van der Waals surface area contributed by atoms with E-state index in [4.69, 9.17) is 23.2 Å². The number of hydrogen-bond donors (Lipinski definition) is 0. The third-order valence-electron chi connectivity index (χ3n) is 3.00. The highest BCUT2D eigenvalue weighted by molar-refractivity contribution is 6.44.